The summed E-state index contributed by atoms with van der Waals surface area (Å²) in [5.41, 5.74) is 3.23. The number of hydrogen-bond acceptors (Lipinski definition) is 3. The molecule has 2 N–H and O–H groups in total. The van der Waals surface area contributed by atoms with Crippen molar-refractivity contribution >= 4 is 38.9 Å². The lowest BCUT2D eigenvalue weighted by Gasteiger charge is -2.14. The summed E-state index contributed by atoms with van der Waals surface area (Å²) >= 11 is 6.09. The van der Waals surface area contributed by atoms with Gasteiger partial charge in [-0.2, -0.15) is 12.7 Å². The van der Waals surface area contributed by atoms with Crippen LogP contribution >= 0.6 is 11.6 Å². The fraction of sp³-hybridized carbons (Fsp3) is 0.200. The fourth-order valence-electron chi connectivity index (χ4n) is 1.70. The molecule has 0 radical (unpaired) electrons. The third kappa shape index (κ3) is 4.13. The molecule has 0 aliphatic rings. The fourth-order valence-corrected chi connectivity index (χ4v) is 2.50. The topological polar surface area (TPSA) is 61.4 Å². The molecule has 5 nitrogen and oxygen atoms in total. The molecular formula is C15H18ClN3O2S. The molecule has 22 heavy (non-hydrogen) atoms. The Morgan fingerprint density at radius 3 is 2.05 bits per heavy atom. The average Bonchev–Trinajstić information content (AvgIpc) is 2.44. The highest BCUT2D eigenvalue weighted by Gasteiger charge is 2.12. The van der Waals surface area contributed by atoms with E-state index >= 15 is 0 Å². The van der Waals surface area contributed by atoms with Crippen LogP contribution in [0.2, 0.25) is 5.02 Å². The summed E-state index contributed by atoms with van der Waals surface area (Å²) < 4.78 is 27.1. The van der Waals surface area contributed by atoms with Crippen molar-refractivity contribution in [3.63, 3.8) is 0 Å². The van der Waals surface area contributed by atoms with Crippen LogP contribution in [-0.2, 0) is 10.2 Å². The summed E-state index contributed by atoms with van der Waals surface area (Å²) in [5, 5.41) is 3.91. The summed E-state index contributed by atoms with van der Waals surface area (Å²) in [7, 11) is -0.545. The van der Waals surface area contributed by atoms with E-state index in [4.69, 9.17) is 11.6 Å². The molecule has 118 valence electrons. The predicted octanol–water partition coefficient (Wildman–Crippen LogP) is 3.61. The first-order valence-corrected chi connectivity index (χ1v) is 8.43. The number of anilines is 3. The van der Waals surface area contributed by atoms with Gasteiger partial charge in [-0.1, -0.05) is 17.7 Å². The Kier molecular flexibility index (Phi) is 4.95. The van der Waals surface area contributed by atoms with E-state index in [-0.39, 0.29) is 0 Å². The maximum absolute atomic E-state index is 11.7. The normalized spacial score (nSPS) is 11.5. The molecule has 0 unspecified atom stereocenters. The zero-order valence-electron chi connectivity index (χ0n) is 12.6. The summed E-state index contributed by atoms with van der Waals surface area (Å²) in [6, 6.07) is 12.7. The van der Waals surface area contributed by atoms with E-state index in [0.29, 0.717) is 10.7 Å². The van der Waals surface area contributed by atoms with Gasteiger partial charge in [0.05, 0.1) is 0 Å². The third-order valence-corrected chi connectivity index (χ3v) is 4.94. The van der Waals surface area contributed by atoms with Crippen molar-refractivity contribution in [2.24, 2.45) is 0 Å². The largest absolute Gasteiger partial charge is 0.355 e. The van der Waals surface area contributed by atoms with Gasteiger partial charge in [0.15, 0.2) is 0 Å². The van der Waals surface area contributed by atoms with Crippen molar-refractivity contribution in [3.8, 4) is 0 Å². The van der Waals surface area contributed by atoms with Gasteiger partial charge in [-0.05, 0) is 48.9 Å². The number of halogens is 1. The first kappa shape index (κ1) is 16.6. The van der Waals surface area contributed by atoms with Gasteiger partial charge in [0.1, 0.15) is 0 Å². The zero-order chi connectivity index (χ0) is 16.3. The molecule has 0 aliphatic heterocycles. The monoisotopic (exact) mass is 339 g/mol. The van der Waals surface area contributed by atoms with Crippen LogP contribution < -0.4 is 10.0 Å². The van der Waals surface area contributed by atoms with Crippen LogP contribution in [0.3, 0.4) is 0 Å². The summed E-state index contributed by atoms with van der Waals surface area (Å²) in [6.07, 6.45) is 0. The van der Waals surface area contributed by atoms with E-state index < -0.39 is 10.2 Å². The molecule has 2 aromatic rings. The highest BCUT2D eigenvalue weighted by molar-refractivity contribution is 7.90. The van der Waals surface area contributed by atoms with Crippen molar-refractivity contribution in [3.05, 3.63) is 53.1 Å². The summed E-state index contributed by atoms with van der Waals surface area (Å²) in [4.78, 5) is 0. The van der Waals surface area contributed by atoms with Crippen molar-refractivity contribution < 1.29 is 8.42 Å². The molecule has 0 amide bonds. The Labute approximate surface area is 136 Å². The van der Waals surface area contributed by atoms with Gasteiger partial charge in [0.25, 0.3) is 0 Å². The molecule has 0 saturated heterocycles. The van der Waals surface area contributed by atoms with Gasteiger partial charge >= 0.3 is 10.2 Å². The first-order chi connectivity index (χ1) is 10.3. The van der Waals surface area contributed by atoms with Crippen molar-refractivity contribution in [1.82, 2.24) is 4.31 Å². The molecule has 0 aromatic heterocycles. The average molecular weight is 340 g/mol. The Morgan fingerprint density at radius 1 is 0.955 bits per heavy atom. The van der Waals surface area contributed by atoms with Crippen LogP contribution in [0.15, 0.2) is 42.5 Å². The lowest BCUT2D eigenvalue weighted by molar-refractivity contribution is 0.527. The molecule has 0 saturated carbocycles. The minimum absolute atomic E-state index is 0.501. The molecule has 2 rings (SSSR count). The molecule has 0 spiro atoms. The Morgan fingerprint density at radius 2 is 1.50 bits per heavy atom. The molecule has 0 bridgehead atoms. The van der Waals surface area contributed by atoms with Crippen LogP contribution in [0, 0.1) is 6.92 Å². The Bertz CT molecular complexity index is 759. The van der Waals surface area contributed by atoms with Crippen molar-refractivity contribution in [1.29, 1.82) is 0 Å². The first-order valence-electron chi connectivity index (χ1n) is 6.61. The highest BCUT2D eigenvalue weighted by atomic mass is 35.5. The smallest absolute Gasteiger partial charge is 0.301 e. The van der Waals surface area contributed by atoms with Crippen LogP contribution in [0.4, 0.5) is 17.1 Å². The highest BCUT2D eigenvalue weighted by Crippen LogP contribution is 2.24. The van der Waals surface area contributed by atoms with E-state index in [1.54, 1.807) is 24.3 Å². The number of rotatable bonds is 5. The van der Waals surface area contributed by atoms with Crippen LogP contribution in [0.1, 0.15) is 5.56 Å². The zero-order valence-corrected chi connectivity index (χ0v) is 14.2. The van der Waals surface area contributed by atoms with Gasteiger partial charge in [0, 0.05) is 36.2 Å². The molecule has 7 heteroatoms. The lowest BCUT2D eigenvalue weighted by atomic mass is 10.2. The minimum Gasteiger partial charge on any atom is -0.355 e. The van der Waals surface area contributed by atoms with Gasteiger partial charge in [-0.15, -0.1) is 0 Å². The van der Waals surface area contributed by atoms with Gasteiger partial charge in [-0.25, -0.2) is 0 Å². The molecular weight excluding hydrogens is 322 g/mol. The van der Waals surface area contributed by atoms with Crippen LogP contribution in [-0.4, -0.2) is 26.8 Å². The van der Waals surface area contributed by atoms with Crippen molar-refractivity contribution in [2.75, 3.05) is 24.1 Å². The second-order valence-corrected chi connectivity index (χ2v) is 7.35. The number of benzene rings is 2. The van der Waals surface area contributed by atoms with Gasteiger partial charge in [0.2, 0.25) is 0 Å². The predicted molar refractivity (Wildman–Crippen MR) is 92.1 cm³/mol. The van der Waals surface area contributed by atoms with E-state index in [1.807, 2.05) is 25.1 Å². The third-order valence-electron chi connectivity index (χ3n) is 3.07. The van der Waals surface area contributed by atoms with Crippen molar-refractivity contribution in [2.45, 2.75) is 6.92 Å². The second-order valence-electron chi connectivity index (χ2n) is 5.06. The van der Waals surface area contributed by atoms with E-state index in [2.05, 4.69) is 10.0 Å². The van der Waals surface area contributed by atoms with Gasteiger partial charge in [-0.3, -0.25) is 4.72 Å². The maximum Gasteiger partial charge on any atom is 0.301 e. The molecule has 2 aromatic carbocycles. The van der Waals surface area contributed by atoms with E-state index in [0.717, 1.165) is 21.2 Å². The second kappa shape index (κ2) is 6.56. The van der Waals surface area contributed by atoms with E-state index in [1.165, 1.54) is 14.1 Å². The molecule has 0 aliphatic carbocycles. The van der Waals surface area contributed by atoms with E-state index in [9.17, 15) is 8.42 Å². The summed E-state index contributed by atoms with van der Waals surface area (Å²) in [5.74, 6) is 0. The number of aryl methyl sites for hydroxylation is 1. The minimum atomic E-state index is -3.49. The Hall–Kier alpha value is -1.76. The Balaban J connectivity index is 2.10. The van der Waals surface area contributed by atoms with Crippen LogP contribution in [0.5, 0.6) is 0 Å². The number of nitrogens with zero attached hydrogens (tertiary/aromatic N) is 1. The SMILES string of the molecule is Cc1ccc(Nc2ccc(NS(=O)(=O)N(C)C)cc2)cc1Cl. The number of nitrogens with one attached hydrogen (secondary N) is 2. The lowest BCUT2D eigenvalue weighted by Crippen LogP contribution is -2.28. The molecule has 0 fully saturated rings. The molecule has 0 atom stereocenters. The molecule has 0 heterocycles. The van der Waals surface area contributed by atoms with Gasteiger partial charge < -0.3 is 5.32 Å². The maximum atomic E-state index is 11.7. The standard InChI is InChI=1S/C15H18ClN3O2S/c1-11-4-5-14(10-15(11)16)17-12-6-8-13(9-7-12)18-22(20,21)19(2)3/h4-10,17-18H,1-3H3. The quantitative estimate of drug-likeness (QED) is 0.874. The number of hydrogen-bond donors (Lipinski definition) is 2. The summed E-state index contributed by atoms with van der Waals surface area (Å²) in [6.45, 7) is 1.94. The van der Waals surface area contributed by atoms with Crippen LogP contribution in [0.25, 0.3) is 0 Å².